The van der Waals surface area contributed by atoms with E-state index in [-0.39, 0.29) is 10.6 Å². The number of alkyl halides is 3. The van der Waals surface area contributed by atoms with E-state index >= 15 is 0 Å². The van der Waals surface area contributed by atoms with E-state index in [1.54, 1.807) is 24.3 Å². The van der Waals surface area contributed by atoms with Gasteiger partial charge in [-0.15, -0.1) is 11.3 Å². The highest BCUT2D eigenvalue weighted by molar-refractivity contribution is 7.20. The number of nitrogens with zero attached hydrogens (tertiary/aromatic N) is 2. The number of carbonyl (C=O) groups is 2. The van der Waals surface area contributed by atoms with E-state index in [1.807, 2.05) is 18.2 Å². The van der Waals surface area contributed by atoms with Gasteiger partial charge in [-0.3, -0.25) is 9.59 Å². The number of benzene rings is 1. The van der Waals surface area contributed by atoms with Crippen LogP contribution >= 0.6 is 11.3 Å². The van der Waals surface area contributed by atoms with Gasteiger partial charge in [0.1, 0.15) is 10.8 Å². The maximum Gasteiger partial charge on any atom is 0.390 e. The molecule has 2 heterocycles. The predicted octanol–water partition coefficient (Wildman–Crippen LogP) is 4.88. The highest BCUT2D eigenvalue weighted by atomic mass is 32.1. The first kappa shape index (κ1) is 22.3. The van der Waals surface area contributed by atoms with Crippen molar-refractivity contribution in [3.8, 4) is 22.1 Å². The van der Waals surface area contributed by atoms with Crippen LogP contribution in [0.2, 0.25) is 0 Å². The van der Waals surface area contributed by atoms with Crippen molar-refractivity contribution in [2.75, 3.05) is 18.5 Å². The Morgan fingerprint density at radius 3 is 2.55 bits per heavy atom. The zero-order valence-corrected chi connectivity index (χ0v) is 17.2. The second-order valence-corrected chi connectivity index (χ2v) is 7.40. The average molecular weight is 449 g/mol. The van der Waals surface area contributed by atoms with Gasteiger partial charge in [-0.25, -0.2) is 4.98 Å². The van der Waals surface area contributed by atoms with Crippen molar-refractivity contribution in [1.82, 2.24) is 10.3 Å². The average Bonchev–Trinajstić information content (AvgIpc) is 3.19. The molecule has 0 aliphatic heterocycles. The molecule has 2 aromatic heterocycles. The first-order valence-electron chi connectivity index (χ1n) is 9.14. The Labute approximate surface area is 180 Å². The van der Waals surface area contributed by atoms with Gasteiger partial charge in [-0.2, -0.15) is 13.2 Å². The highest BCUT2D eigenvalue weighted by Gasteiger charge is 2.29. The maximum absolute atomic E-state index is 12.6. The summed E-state index contributed by atoms with van der Waals surface area (Å²) in [5, 5.41) is 2.58. The largest absolute Gasteiger partial charge is 0.439 e. The molecule has 0 aliphatic rings. The molecule has 3 rings (SSSR count). The molecule has 162 valence electrons. The fourth-order valence-corrected chi connectivity index (χ4v) is 3.82. The molecule has 0 unspecified atom stereocenters. The number of hydrogen-bond acceptors (Lipinski definition) is 5. The lowest BCUT2D eigenvalue weighted by molar-refractivity contribution is -0.132. The number of carbonyl (C=O) groups excluding carboxylic acids is 2. The van der Waals surface area contributed by atoms with Gasteiger partial charge in [0.25, 0.3) is 5.91 Å². The van der Waals surface area contributed by atoms with Gasteiger partial charge in [0.2, 0.25) is 12.3 Å². The molecule has 3 aromatic rings. The molecule has 0 aliphatic carbocycles. The maximum atomic E-state index is 12.6. The third-order valence-electron chi connectivity index (χ3n) is 4.19. The lowest BCUT2D eigenvalue weighted by atomic mass is 10.2. The first-order valence-corrected chi connectivity index (χ1v) is 9.96. The van der Waals surface area contributed by atoms with Crippen molar-refractivity contribution >= 4 is 28.7 Å². The van der Waals surface area contributed by atoms with Crippen LogP contribution in [0.5, 0.6) is 11.6 Å². The van der Waals surface area contributed by atoms with E-state index in [1.165, 1.54) is 19.3 Å². The standard InChI is InChI=1S/C21H18F3N3O3S/c1-25-19(29)16-11-17(31-20(16)27(13-28)10-9-21(22,23)24)14-7-8-18(26-12-14)30-15-5-3-2-4-6-15/h2-8,11-13H,9-10H2,1H3,(H,25,29). The summed E-state index contributed by atoms with van der Waals surface area (Å²) in [5.74, 6) is 0.473. The van der Waals surface area contributed by atoms with Gasteiger partial charge < -0.3 is 15.0 Å². The van der Waals surface area contributed by atoms with Crippen LogP contribution < -0.4 is 15.0 Å². The summed E-state index contributed by atoms with van der Waals surface area (Å²) in [7, 11) is 1.40. The van der Waals surface area contributed by atoms with Crippen LogP contribution in [0.4, 0.5) is 18.2 Å². The summed E-state index contributed by atoms with van der Waals surface area (Å²) in [6.45, 7) is -0.584. The number of para-hydroxylation sites is 1. The van der Waals surface area contributed by atoms with Gasteiger partial charge in [0.05, 0.1) is 12.0 Å². The zero-order valence-electron chi connectivity index (χ0n) is 16.3. The van der Waals surface area contributed by atoms with Crippen molar-refractivity contribution < 1.29 is 27.5 Å². The normalized spacial score (nSPS) is 11.1. The summed E-state index contributed by atoms with van der Waals surface area (Å²) < 4.78 is 43.5. The topological polar surface area (TPSA) is 71.5 Å². The Morgan fingerprint density at radius 2 is 1.97 bits per heavy atom. The Balaban J connectivity index is 1.87. The van der Waals surface area contributed by atoms with Crippen molar-refractivity contribution in [1.29, 1.82) is 0 Å². The Morgan fingerprint density at radius 1 is 1.23 bits per heavy atom. The van der Waals surface area contributed by atoms with Gasteiger partial charge in [-0.05, 0) is 24.3 Å². The van der Waals surface area contributed by atoms with Gasteiger partial charge in [0, 0.05) is 36.3 Å². The van der Waals surface area contributed by atoms with Gasteiger partial charge >= 0.3 is 6.18 Å². The number of amides is 2. The molecule has 0 atom stereocenters. The van der Waals surface area contributed by atoms with Crippen LogP contribution in [0.1, 0.15) is 16.8 Å². The number of halogens is 3. The van der Waals surface area contributed by atoms with Crippen LogP contribution in [-0.2, 0) is 4.79 Å². The monoisotopic (exact) mass is 449 g/mol. The van der Waals surface area contributed by atoms with Crippen LogP contribution in [0, 0.1) is 0 Å². The molecule has 6 nitrogen and oxygen atoms in total. The lowest BCUT2D eigenvalue weighted by Crippen LogP contribution is -2.28. The Bertz CT molecular complexity index is 1040. The van der Waals surface area contributed by atoms with E-state index in [2.05, 4.69) is 10.3 Å². The molecule has 0 radical (unpaired) electrons. The number of thiophene rings is 1. The van der Waals surface area contributed by atoms with Crippen molar-refractivity contribution in [3.63, 3.8) is 0 Å². The van der Waals surface area contributed by atoms with E-state index in [4.69, 9.17) is 4.74 Å². The van der Waals surface area contributed by atoms with Gasteiger partial charge in [-0.1, -0.05) is 18.2 Å². The second kappa shape index (κ2) is 9.61. The number of nitrogens with one attached hydrogen (secondary N) is 1. The van der Waals surface area contributed by atoms with Crippen LogP contribution in [0.15, 0.2) is 54.7 Å². The molecular weight excluding hydrogens is 431 g/mol. The smallest absolute Gasteiger partial charge is 0.390 e. The van der Waals surface area contributed by atoms with E-state index in [0.717, 1.165) is 16.2 Å². The minimum Gasteiger partial charge on any atom is -0.439 e. The van der Waals surface area contributed by atoms with E-state index in [0.29, 0.717) is 28.5 Å². The highest BCUT2D eigenvalue weighted by Crippen LogP contribution is 2.38. The summed E-state index contributed by atoms with van der Waals surface area (Å²) in [6.07, 6.45) is -3.78. The molecule has 2 amide bonds. The summed E-state index contributed by atoms with van der Waals surface area (Å²) in [4.78, 5) is 29.4. The van der Waals surface area contributed by atoms with E-state index < -0.39 is 25.0 Å². The molecule has 31 heavy (non-hydrogen) atoms. The van der Waals surface area contributed by atoms with E-state index in [9.17, 15) is 22.8 Å². The fourth-order valence-electron chi connectivity index (χ4n) is 2.68. The molecule has 0 saturated heterocycles. The minimum absolute atomic E-state index is 0.112. The number of anilines is 1. The van der Waals surface area contributed by atoms with Crippen molar-refractivity contribution in [2.45, 2.75) is 12.6 Å². The molecule has 1 aromatic carbocycles. The Hall–Kier alpha value is -3.40. The molecule has 0 spiro atoms. The fraction of sp³-hybridized carbons (Fsp3) is 0.190. The quantitative estimate of drug-likeness (QED) is 0.498. The minimum atomic E-state index is -4.42. The summed E-state index contributed by atoms with van der Waals surface area (Å²) in [5.41, 5.74) is 0.741. The lowest BCUT2D eigenvalue weighted by Gasteiger charge is -2.18. The zero-order chi connectivity index (χ0) is 22.4. The van der Waals surface area contributed by atoms with Crippen LogP contribution in [-0.4, -0.2) is 37.1 Å². The molecule has 1 N–H and O–H groups in total. The van der Waals surface area contributed by atoms with Crippen molar-refractivity contribution in [3.05, 3.63) is 60.3 Å². The number of ether oxygens (including phenoxy) is 1. The van der Waals surface area contributed by atoms with Crippen LogP contribution in [0.3, 0.4) is 0 Å². The third-order valence-corrected chi connectivity index (χ3v) is 5.42. The van der Waals surface area contributed by atoms with Gasteiger partial charge in [0.15, 0.2) is 0 Å². The van der Waals surface area contributed by atoms with Crippen LogP contribution in [0.25, 0.3) is 10.4 Å². The molecule has 0 bridgehead atoms. The second-order valence-electron chi connectivity index (χ2n) is 6.37. The molecular formula is C21H18F3N3O3S. The molecule has 10 heteroatoms. The summed E-state index contributed by atoms with van der Waals surface area (Å²) in [6, 6.07) is 14.0. The van der Waals surface area contributed by atoms with Crippen molar-refractivity contribution in [2.24, 2.45) is 0 Å². The number of aromatic nitrogens is 1. The third kappa shape index (κ3) is 5.82. The first-order chi connectivity index (χ1) is 14.8. The summed E-state index contributed by atoms with van der Waals surface area (Å²) >= 11 is 1.04. The number of pyridine rings is 1. The number of hydrogen-bond donors (Lipinski definition) is 1. The Kier molecular flexibility index (Phi) is 6.91. The number of rotatable bonds is 8. The molecule has 0 saturated carbocycles. The SMILES string of the molecule is CNC(=O)c1cc(-c2ccc(Oc3ccccc3)nc2)sc1N(C=O)CCC(F)(F)F. The predicted molar refractivity (Wildman–Crippen MR) is 112 cm³/mol. The molecule has 0 fully saturated rings.